The number of aromatic nitrogens is 1. The van der Waals surface area contributed by atoms with Crippen LogP contribution in [0.3, 0.4) is 0 Å². The van der Waals surface area contributed by atoms with Gasteiger partial charge in [-0.3, -0.25) is 9.89 Å². The maximum Gasteiger partial charge on any atom is 0.194 e. The second kappa shape index (κ2) is 9.43. The van der Waals surface area contributed by atoms with Crippen molar-refractivity contribution in [3.05, 3.63) is 61.1 Å². The van der Waals surface area contributed by atoms with Crippen molar-refractivity contribution in [1.29, 1.82) is 0 Å². The lowest BCUT2D eigenvalue weighted by atomic mass is 9.91. The van der Waals surface area contributed by atoms with Gasteiger partial charge in [-0.15, -0.1) is 0 Å². The van der Waals surface area contributed by atoms with Crippen LogP contribution in [0.2, 0.25) is 0 Å². The maximum absolute atomic E-state index is 11.3. The van der Waals surface area contributed by atoms with Crippen LogP contribution in [-0.2, 0) is 11.3 Å². The summed E-state index contributed by atoms with van der Waals surface area (Å²) in [6.07, 6.45) is 7.60. The Kier molecular flexibility index (Phi) is 6.63. The van der Waals surface area contributed by atoms with Crippen LogP contribution in [-0.4, -0.2) is 57.0 Å². The van der Waals surface area contributed by atoms with Gasteiger partial charge in [0.2, 0.25) is 0 Å². The number of aliphatic hydroxyl groups is 1. The molecular formula is C26H34N4O2. The van der Waals surface area contributed by atoms with Crippen LogP contribution in [0, 0.1) is 0 Å². The summed E-state index contributed by atoms with van der Waals surface area (Å²) >= 11 is 0. The molecule has 0 spiro atoms. The number of likely N-dealkylation sites (tertiary alicyclic amines) is 1. The van der Waals surface area contributed by atoms with Gasteiger partial charge in [-0.05, 0) is 51.3 Å². The van der Waals surface area contributed by atoms with E-state index < -0.39 is 5.60 Å². The van der Waals surface area contributed by atoms with Crippen LogP contribution >= 0.6 is 0 Å². The van der Waals surface area contributed by atoms with Crippen molar-refractivity contribution in [3.8, 4) is 11.3 Å². The monoisotopic (exact) mass is 434 g/mol. The number of hydrogen-bond acceptors (Lipinski definition) is 5. The van der Waals surface area contributed by atoms with Gasteiger partial charge in [0.05, 0.1) is 18.6 Å². The molecule has 1 aromatic carbocycles. The first-order chi connectivity index (χ1) is 15.3. The second-order valence-electron chi connectivity index (χ2n) is 9.80. The topological polar surface area (TPSA) is 62.4 Å². The third-order valence-corrected chi connectivity index (χ3v) is 5.88. The average molecular weight is 435 g/mol. The Morgan fingerprint density at radius 3 is 2.44 bits per heavy atom. The van der Waals surface area contributed by atoms with Gasteiger partial charge in [0.15, 0.2) is 5.90 Å². The molecule has 6 nitrogen and oxygen atoms in total. The highest BCUT2D eigenvalue weighted by Gasteiger charge is 2.33. The molecule has 1 saturated heterocycles. The van der Waals surface area contributed by atoms with Gasteiger partial charge < -0.3 is 14.4 Å². The van der Waals surface area contributed by atoms with Crippen molar-refractivity contribution in [3.63, 3.8) is 0 Å². The number of rotatable bonds is 5. The Morgan fingerprint density at radius 1 is 1.00 bits per heavy atom. The normalized spacial score (nSPS) is 19.2. The number of nitrogens with zero attached hydrogens (tertiary/aromatic N) is 4. The fourth-order valence-electron chi connectivity index (χ4n) is 4.32. The van der Waals surface area contributed by atoms with Crippen molar-refractivity contribution in [2.75, 3.05) is 19.6 Å². The Balaban J connectivity index is 1.34. The van der Waals surface area contributed by atoms with E-state index in [4.69, 9.17) is 4.74 Å². The first-order valence-electron chi connectivity index (χ1n) is 11.4. The van der Waals surface area contributed by atoms with Crippen molar-refractivity contribution in [2.45, 2.75) is 57.8 Å². The quantitative estimate of drug-likeness (QED) is 0.753. The Hall–Kier alpha value is -2.70. The lowest BCUT2D eigenvalue weighted by Crippen LogP contribution is -2.48. The minimum Gasteiger partial charge on any atom is -0.475 e. The Bertz CT molecular complexity index is 990. The van der Waals surface area contributed by atoms with Crippen LogP contribution in [0.25, 0.3) is 11.3 Å². The van der Waals surface area contributed by atoms with Gasteiger partial charge in [0.25, 0.3) is 0 Å². The van der Waals surface area contributed by atoms with Gasteiger partial charge in [-0.2, -0.15) is 0 Å². The molecular weight excluding hydrogens is 400 g/mol. The summed E-state index contributed by atoms with van der Waals surface area (Å²) in [7, 11) is 0. The van der Waals surface area contributed by atoms with Crippen molar-refractivity contribution >= 4 is 11.6 Å². The molecule has 3 heterocycles. The molecule has 2 aliphatic rings. The summed E-state index contributed by atoms with van der Waals surface area (Å²) in [6.45, 7) is 9.15. The second-order valence-corrected chi connectivity index (χ2v) is 9.80. The van der Waals surface area contributed by atoms with Crippen molar-refractivity contribution in [1.82, 2.24) is 9.47 Å². The third kappa shape index (κ3) is 5.96. The molecule has 0 radical (unpaired) electrons. The molecule has 0 atom stereocenters. The SMILES string of the molecule is CC(C)(C)OC1=NC=CN=C(CN2CCC(O)(Cn3cccc3-c3ccccc3)CC2)C1. The fraction of sp³-hybridized carbons (Fsp3) is 0.462. The molecule has 0 saturated carbocycles. The molecule has 170 valence electrons. The smallest absolute Gasteiger partial charge is 0.194 e. The minimum absolute atomic E-state index is 0.277. The summed E-state index contributed by atoms with van der Waals surface area (Å²) in [4.78, 5) is 11.3. The molecule has 2 aromatic rings. The molecule has 6 heteroatoms. The van der Waals surface area contributed by atoms with Crippen LogP contribution in [0.4, 0.5) is 0 Å². The highest BCUT2D eigenvalue weighted by atomic mass is 16.5. The Morgan fingerprint density at radius 2 is 1.72 bits per heavy atom. The lowest BCUT2D eigenvalue weighted by Gasteiger charge is -2.39. The minimum atomic E-state index is -0.702. The largest absolute Gasteiger partial charge is 0.475 e. The highest BCUT2D eigenvalue weighted by Crippen LogP contribution is 2.28. The first kappa shape index (κ1) is 22.5. The molecule has 1 aromatic heterocycles. The summed E-state index contributed by atoms with van der Waals surface area (Å²) in [6, 6.07) is 14.5. The Labute approximate surface area is 191 Å². The van der Waals surface area contributed by atoms with E-state index in [0.717, 1.165) is 43.9 Å². The zero-order chi connectivity index (χ0) is 22.6. The number of piperidine rings is 1. The van der Waals surface area contributed by atoms with Crippen LogP contribution in [0.15, 0.2) is 71.0 Å². The van der Waals surface area contributed by atoms with Gasteiger partial charge in [0.1, 0.15) is 5.60 Å². The van der Waals surface area contributed by atoms with E-state index in [1.807, 2.05) is 39.0 Å². The molecule has 32 heavy (non-hydrogen) atoms. The molecule has 0 aliphatic carbocycles. The van der Waals surface area contributed by atoms with Crippen LogP contribution < -0.4 is 0 Å². The predicted molar refractivity (Wildman–Crippen MR) is 130 cm³/mol. The van der Waals surface area contributed by atoms with Crippen molar-refractivity contribution < 1.29 is 9.84 Å². The van der Waals surface area contributed by atoms with Crippen molar-refractivity contribution in [2.24, 2.45) is 9.98 Å². The van der Waals surface area contributed by atoms with E-state index in [-0.39, 0.29) is 5.60 Å². The highest BCUT2D eigenvalue weighted by molar-refractivity contribution is 6.03. The zero-order valence-corrected chi connectivity index (χ0v) is 19.4. The summed E-state index contributed by atoms with van der Waals surface area (Å²) in [5, 5.41) is 11.3. The zero-order valence-electron chi connectivity index (χ0n) is 19.4. The van der Waals surface area contributed by atoms with Gasteiger partial charge >= 0.3 is 0 Å². The average Bonchev–Trinajstić information content (AvgIpc) is 3.09. The van der Waals surface area contributed by atoms with E-state index in [1.165, 1.54) is 5.56 Å². The van der Waals surface area contributed by atoms with E-state index in [9.17, 15) is 5.11 Å². The molecule has 1 N–H and O–H groups in total. The number of ether oxygens (including phenoxy) is 1. The van der Waals surface area contributed by atoms with E-state index in [1.54, 1.807) is 12.4 Å². The first-order valence-corrected chi connectivity index (χ1v) is 11.4. The van der Waals surface area contributed by atoms with Gasteiger partial charge in [-0.1, -0.05) is 30.3 Å². The molecule has 1 fully saturated rings. The number of aliphatic imine (C=N–C) groups is 2. The summed E-state index contributed by atoms with van der Waals surface area (Å²) < 4.78 is 8.15. The summed E-state index contributed by atoms with van der Waals surface area (Å²) in [5.41, 5.74) is 2.39. The van der Waals surface area contributed by atoms with E-state index in [2.05, 4.69) is 49.9 Å². The predicted octanol–water partition coefficient (Wildman–Crippen LogP) is 4.51. The van der Waals surface area contributed by atoms with Crippen LogP contribution in [0.1, 0.15) is 40.0 Å². The van der Waals surface area contributed by atoms with E-state index in [0.29, 0.717) is 18.9 Å². The van der Waals surface area contributed by atoms with E-state index >= 15 is 0 Å². The van der Waals surface area contributed by atoms with Gasteiger partial charge in [-0.25, -0.2) is 4.99 Å². The maximum atomic E-state index is 11.3. The number of hydrogen-bond donors (Lipinski definition) is 1. The van der Waals surface area contributed by atoms with Gasteiger partial charge in [0, 0.05) is 49.6 Å². The number of benzene rings is 1. The fourth-order valence-corrected chi connectivity index (χ4v) is 4.32. The van der Waals surface area contributed by atoms with Crippen LogP contribution in [0.5, 0.6) is 0 Å². The standard InChI is InChI=1S/C26H34N4O2/c1-25(2,3)32-24-18-22(27-13-14-28-24)19-29-16-11-26(31,12-17-29)20-30-15-7-10-23(30)21-8-5-4-6-9-21/h4-10,13-15,31H,11-12,16-20H2,1-3H3. The molecule has 0 unspecified atom stereocenters. The third-order valence-electron chi connectivity index (χ3n) is 5.88. The summed E-state index contributed by atoms with van der Waals surface area (Å²) in [5.74, 6) is 0.708. The molecule has 4 rings (SSSR count). The lowest BCUT2D eigenvalue weighted by molar-refractivity contribution is -0.0308. The molecule has 0 bridgehead atoms. The molecule has 0 amide bonds. The molecule has 2 aliphatic heterocycles.